The van der Waals surface area contributed by atoms with Gasteiger partial charge in [0, 0.05) is 30.2 Å². The molecule has 1 unspecified atom stereocenters. The molecular formula is C23H21N3O5. The molecule has 1 aliphatic rings. The smallest absolute Gasteiger partial charge is 0.336 e. The number of benzene rings is 2. The highest BCUT2D eigenvalue weighted by Gasteiger charge is 2.37. The lowest BCUT2D eigenvalue weighted by Crippen LogP contribution is -2.38. The summed E-state index contributed by atoms with van der Waals surface area (Å²) in [5, 5.41) is 20.6. The second kappa shape index (κ2) is 9.22. The van der Waals surface area contributed by atoms with E-state index in [-0.39, 0.29) is 36.7 Å². The van der Waals surface area contributed by atoms with Crippen LogP contribution in [-0.2, 0) is 20.9 Å². The Morgan fingerprint density at radius 3 is 2.71 bits per heavy atom. The van der Waals surface area contributed by atoms with Gasteiger partial charge in [-0.05, 0) is 31.0 Å². The van der Waals surface area contributed by atoms with Gasteiger partial charge in [0.25, 0.3) is 5.69 Å². The van der Waals surface area contributed by atoms with Gasteiger partial charge in [0.2, 0.25) is 5.91 Å². The van der Waals surface area contributed by atoms with Crippen molar-refractivity contribution in [2.45, 2.75) is 32.7 Å². The number of rotatable bonds is 6. The van der Waals surface area contributed by atoms with E-state index < -0.39 is 16.8 Å². The fourth-order valence-electron chi connectivity index (χ4n) is 3.75. The molecule has 0 radical (unpaired) electrons. The van der Waals surface area contributed by atoms with Gasteiger partial charge in [-0.3, -0.25) is 14.9 Å². The molecule has 3 rings (SSSR count). The Bertz CT molecular complexity index is 1120. The molecular weight excluding hydrogens is 398 g/mol. The number of nitrogens with zero attached hydrogens (tertiary/aromatic N) is 3. The highest BCUT2D eigenvalue weighted by molar-refractivity contribution is 5.96. The molecule has 0 aromatic heterocycles. The van der Waals surface area contributed by atoms with Crippen molar-refractivity contribution in [2.24, 2.45) is 0 Å². The van der Waals surface area contributed by atoms with E-state index in [4.69, 9.17) is 4.74 Å². The largest absolute Gasteiger partial charge is 0.463 e. The van der Waals surface area contributed by atoms with Gasteiger partial charge in [0.05, 0.1) is 35.3 Å². The molecule has 0 saturated carbocycles. The zero-order chi connectivity index (χ0) is 22.5. The van der Waals surface area contributed by atoms with E-state index in [1.165, 1.54) is 23.1 Å². The van der Waals surface area contributed by atoms with Crippen LogP contribution in [0.2, 0.25) is 0 Å². The van der Waals surface area contributed by atoms with Crippen molar-refractivity contribution in [3.63, 3.8) is 0 Å². The lowest BCUT2D eigenvalue weighted by molar-refractivity contribution is -0.384. The second-order valence-electron chi connectivity index (χ2n) is 7.08. The quantitative estimate of drug-likeness (QED) is 0.399. The van der Waals surface area contributed by atoms with Crippen LogP contribution in [0.3, 0.4) is 0 Å². The van der Waals surface area contributed by atoms with Crippen LogP contribution in [-0.4, -0.2) is 28.3 Å². The first-order valence-electron chi connectivity index (χ1n) is 9.78. The van der Waals surface area contributed by atoms with Gasteiger partial charge >= 0.3 is 5.97 Å². The van der Waals surface area contributed by atoms with E-state index in [9.17, 15) is 25.0 Å². The zero-order valence-electron chi connectivity index (χ0n) is 17.2. The number of hydrogen-bond acceptors (Lipinski definition) is 6. The van der Waals surface area contributed by atoms with Crippen LogP contribution in [0.25, 0.3) is 0 Å². The van der Waals surface area contributed by atoms with Crippen molar-refractivity contribution < 1.29 is 19.2 Å². The Balaban J connectivity index is 2.08. The Morgan fingerprint density at radius 1 is 1.29 bits per heavy atom. The number of nitro groups is 1. The second-order valence-corrected chi connectivity index (χ2v) is 7.08. The molecule has 158 valence electrons. The molecule has 1 aliphatic heterocycles. The van der Waals surface area contributed by atoms with E-state index in [1.54, 1.807) is 44.2 Å². The standard InChI is InChI=1S/C23H21N3O5/c1-3-31-23(28)22-15(2)25(14-18-8-5-4-7-17(18)13-24)21(27)12-20(22)16-9-6-10-19(11-16)26(29)30/h4-11,20H,3,12,14H2,1-2H3. The summed E-state index contributed by atoms with van der Waals surface area (Å²) < 4.78 is 5.24. The topological polar surface area (TPSA) is 114 Å². The van der Waals surface area contributed by atoms with Gasteiger partial charge in [-0.15, -0.1) is 0 Å². The Labute approximate surface area is 179 Å². The number of non-ortho nitro benzene ring substituents is 1. The van der Waals surface area contributed by atoms with Crippen LogP contribution in [0, 0.1) is 21.4 Å². The molecule has 0 spiro atoms. The first-order valence-corrected chi connectivity index (χ1v) is 9.78. The molecule has 1 heterocycles. The van der Waals surface area contributed by atoms with Crippen LogP contribution in [0.1, 0.15) is 42.9 Å². The molecule has 0 bridgehead atoms. The summed E-state index contributed by atoms with van der Waals surface area (Å²) in [5.41, 5.74) is 2.20. The SMILES string of the molecule is CCOC(=O)C1=C(C)N(Cc2ccccc2C#N)C(=O)CC1c1cccc([N+](=O)[O-])c1. The zero-order valence-corrected chi connectivity index (χ0v) is 17.2. The molecule has 31 heavy (non-hydrogen) atoms. The predicted molar refractivity (Wildman–Crippen MR) is 111 cm³/mol. The van der Waals surface area contributed by atoms with Crippen LogP contribution >= 0.6 is 0 Å². The minimum atomic E-state index is -0.658. The van der Waals surface area contributed by atoms with Gasteiger partial charge in [0.15, 0.2) is 0 Å². The number of carbonyl (C=O) groups excluding carboxylic acids is 2. The van der Waals surface area contributed by atoms with Gasteiger partial charge in [0.1, 0.15) is 0 Å². The van der Waals surface area contributed by atoms with Gasteiger partial charge in [-0.25, -0.2) is 4.79 Å². The van der Waals surface area contributed by atoms with Crippen molar-refractivity contribution in [3.8, 4) is 6.07 Å². The molecule has 1 amide bonds. The van der Waals surface area contributed by atoms with Crippen molar-refractivity contribution >= 4 is 17.6 Å². The van der Waals surface area contributed by atoms with Crippen LogP contribution < -0.4 is 0 Å². The lowest BCUT2D eigenvalue weighted by atomic mass is 9.83. The molecule has 0 aliphatic carbocycles. The maximum atomic E-state index is 13.1. The van der Waals surface area contributed by atoms with E-state index >= 15 is 0 Å². The van der Waals surface area contributed by atoms with E-state index in [2.05, 4.69) is 6.07 Å². The molecule has 0 fully saturated rings. The van der Waals surface area contributed by atoms with Crippen molar-refractivity contribution in [1.29, 1.82) is 5.26 Å². The summed E-state index contributed by atoms with van der Waals surface area (Å²) in [7, 11) is 0. The normalized spacial score (nSPS) is 16.1. The third-order valence-corrected chi connectivity index (χ3v) is 5.27. The average molecular weight is 419 g/mol. The summed E-state index contributed by atoms with van der Waals surface area (Å²) in [6.07, 6.45) is -0.0403. The Kier molecular flexibility index (Phi) is 6.46. The van der Waals surface area contributed by atoms with Crippen molar-refractivity contribution in [1.82, 2.24) is 4.90 Å². The minimum Gasteiger partial charge on any atom is -0.463 e. The number of nitriles is 1. The summed E-state index contributed by atoms with van der Waals surface area (Å²) in [6.45, 7) is 3.63. The van der Waals surface area contributed by atoms with Crippen LogP contribution in [0.4, 0.5) is 5.69 Å². The van der Waals surface area contributed by atoms with Gasteiger partial charge in [-0.1, -0.05) is 30.3 Å². The van der Waals surface area contributed by atoms with Crippen LogP contribution in [0.5, 0.6) is 0 Å². The summed E-state index contributed by atoms with van der Waals surface area (Å²) >= 11 is 0. The summed E-state index contributed by atoms with van der Waals surface area (Å²) in [5.74, 6) is -1.47. The molecule has 1 atom stereocenters. The van der Waals surface area contributed by atoms with Gasteiger partial charge < -0.3 is 9.64 Å². The monoisotopic (exact) mass is 419 g/mol. The Hall–Kier alpha value is -3.99. The molecule has 2 aromatic rings. The number of ether oxygens (including phenoxy) is 1. The third-order valence-electron chi connectivity index (χ3n) is 5.27. The van der Waals surface area contributed by atoms with Gasteiger partial charge in [-0.2, -0.15) is 5.26 Å². The lowest BCUT2D eigenvalue weighted by Gasteiger charge is -2.34. The van der Waals surface area contributed by atoms with Crippen molar-refractivity contribution in [3.05, 3.63) is 86.6 Å². The Morgan fingerprint density at radius 2 is 2.03 bits per heavy atom. The summed E-state index contributed by atoms with van der Waals surface area (Å²) in [6, 6.07) is 15.0. The number of nitro benzene ring substituents is 1. The summed E-state index contributed by atoms with van der Waals surface area (Å²) in [4.78, 5) is 38.0. The van der Waals surface area contributed by atoms with E-state index in [0.717, 1.165) is 0 Å². The fourth-order valence-corrected chi connectivity index (χ4v) is 3.75. The molecule has 8 heteroatoms. The molecule has 0 saturated heterocycles. The number of esters is 1. The molecule has 0 N–H and O–H groups in total. The number of amides is 1. The molecule has 2 aromatic carbocycles. The maximum absolute atomic E-state index is 13.1. The fraction of sp³-hybridized carbons (Fsp3) is 0.261. The molecule has 8 nitrogen and oxygen atoms in total. The number of allylic oxidation sites excluding steroid dienone is 1. The predicted octanol–water partition coefficient (Wildman–Crippen LogP) is 3.82. The van der Waals surface area contributed by atoms with E-state index in [0.29, 0.717) is 22.4 Å². The number of carbonyl (C=O) groups is 2. The average Bonchev–Trinajstić information content (AvgIpc) is 2.76. The number of hydrogen-bond donors (Lipinski definition) is 0. The highest BCUT2D eigenvalue weighted by atomic mass is 16.6. The first kappa shape index (κ1) is 21.7. The third kappa shape index (κ3) is 4.46. The van der Waals surface area contributed by atoms with Crippen molar-refractivity contribution in [2.75, 3.05) is 6.61 Å². The first-order chi connectivity index (χ1) is 14.9. The van der Waals surface area contributed by atoms with E-state index in [1.807, 2.05) is 0 Å². The highest BCUT2D eigenvalue weighted by Crippen LogP contribution is 2.38. The maximum Gasteiger partial charge on any atom is 0.336 e. The van der Waals surface area contributed by atoms with Crippen LogP contribution in [0.15, 0.2) is 59.8 Å². The minimum absolute atomic E-state index is 0.0403.